The van der Waals surface area contributed by atoms with Gasteiger partial charge in [0.2, 0.25) is 0 Å². The molecular formula is C24H25F3N2O. The average molecular weight is 414 g/mol. The second-order valence-electron chi connectivity index (χ2n) is 7.14. The maximum Gasteiger partial charge on any atom is 0.405 e. The van der Waals surface area contributed by atoms with E-state index < -0.39 is 18.3 Å². The number of alkyl halides is 3. The number of hydrogen-bond acceptors (Lipinski definition) is 3. The normalized spacial score (nSPS) is 13.9. The average Bonchev–Trinajstić information content (AvgIpc) is 2.75. The van der Waals surface area contributed by atoms with Crippen molar-refractivity contribution in [2.75, 3.05) is 6.61 Å². The van der Waals surface area contributed by atoms with Crippen LogP contribution in [-0.4, -0.2) is 28.9 Å². The number of nitrogens with one attached hydrogen (secondary N) is 1. The van der Waals surface area contributed by atoms with Crippen LogP contribution in [0.25, 0.3) is 0 Å². The number of nitrogens with zero attached hydrogens (tertiary/aromatic N) is 1. The Hall–Kier alpha value is -2.67. The van der Waals surface area contributed by atoms with Crippen LogP contribution in [0.1, 0.15) is 22.7 Å². The lowest BCUT2D eigenvalue weighted by Gasteiger charge is -2.35. The first kappa shape index (κ1) is 22.0. The van der Waals surface area contributed by atoms with E-state index in [4.69, 9.17) is 0 Å². The molecule has 30 heavy (non-hydrogen) atoms. The third-order valence-electron chi connectivity index (χ3n) is 4.93. The van der Waals surface area contributed by atoms with Gasteiger partial charge in [-0.1, -0.05) is 91.0 Å². The van der Waals surface area contributed by atoms with Gasteiger partial charge in [0.15, 0.2) is 0 Å². The third kappa shape index (κ3) is 6.16. The van der Waals surface area contributed by atoms with E-state index in [1.807, 2.05) is 48.5 Å². The van der Waals surface area contributed by atoms with Gasteiger partial charge >= 0.3 is 6.18 Å². The Bertz CT molecular complexity index is 873. The molecule has 6 heteroatoms. The number of hydrogen-bond donors (Lipinski definition) is 2. The number of halogens is 3. The number of aliphatic hydroxyl groups is 1. The summed E-state index contributed by atoms with van der Waals surface area (Å²) < 4.78 is 41.8. The molecule has 3 aromatic carbocycles. The van der Waals surface area contributed by atoms with Crippen molar-refractivity contribution in [1.29, 1.82) is 0 Å². The smallest absolute Gasteiger partial charge is 0.394 e. The zero-order chi connectivity index (χ0) is 21.4. The molecule has 2 N–H and O–H groups in total. The SMILES string of the molecule is OC[C@@H](c1ccccc1)N(Cc1ccccc1)N[C@H](Cc1ccccc1)C(F)(F)F. The van der Waals surface area contributed by atoms with Crippen LogP contribution in [-0.2, 0) is 13.0 Å². The van der Waals surface area contributed by atoms with Gasteiger partial charge < -0.3 is 5.11 Å². The standard InChI is InChI=1S/C24H25F3N2O/c25-24(26,27)23(16-19-10-4-1-5-11-19)28-29(17-20-12-6-2-7-13-20)22(18-30)21-14-8-3-9-15-21/h1-15,22-23,28,30H,16-18H2/t22-,23+/m0/s1. The maximum absolute atomic E-state index is 13.9. The molecule has 158 valence electrons. The van der Waals surface area contributed by atoms with E-state index in [0.29, 0.717) is 5.56 Å². The van der Waals surface area contributed by atoms with Crippen LogP contribution < -0.4 is 5.43 Å². The third-order valence-corrected chi connectivity index (χ3v) is 4.93. The fourth-order valence-corrected chi connectivity index (χ4v) is 3.37. The molecule has 0 heterocycles. The Kier molecular flexibility index (Phi) is 7.63. The van der Waals surface area contributed by atoms with Crippen LogP contribution in [0.5, 0.6) is 0 Å². The lowest BCUT2D eigenvalue weighted by molar-refractivity contribution is -0.172. The minimum atomic E-state index is -4.46. The number of rotatable bonds is 9. The molecule has 0 aliphatic rings. The Morgan fingerprint density at radius 2 is 1.27 bits per heavy atom. The second kappa shape index (κ2) is 10.4. The summed E-state index contributed by atoms with van der Waals surface area (Å²) in [5.74, 6) is 0. The Morgan fingerprint density at radius 1 is 0.767 bits per heavy atom. The highest BCUT2D eigenvalue weighted by Gasteiger charge is 2.41. The highest BCUT2D eigenvalue weighted by molar-refractivity contribution is 5.21. The molecule has 0 aliphatic carbocycles. The molecular weight excluding hydrogens is 389 g/mol. The second-order valence-corrected chi connectivity index (χ2v) is 7.14. The molecule has 2 atom stereocenters. The van der Waals surface area contributed by atoms with Crippen LogP contribution in [0.4, 0.5) is 13.2 Å². The van der Waals surface area contributed by atoms with Gasteiger partial charge in [-0.2, -0.15) is 13.2 Å². The largest absolute Gasteiger partial charge is 0.405 e. The molecule has 0 unspecified atom stereocenters. The van der Waals surface area contributed by atoms with Gasteiger partial charge in [0.25, 0.3) is 0 Å². The van der Waals surface area contributed by atoms with Crippen LogP contribution in [0.3, 0.4) is 0 Å². The van der Waals surface area contributed by atoms with Crippen molar-refractivity contribution < 1.29 is 18.3 Å². The van der Waals surface area contributed by atoms with Crippen molar-refractivity contribution in [3.8, 4) is 0 Å². The van der Waals surface area contributed by atoms with Gasteiger partial charge in [-0.25, -0.2) is 10.4 Å². The minimum absolute atomic E-state index is 0.206. The number of hydrazine groups is 1. The van der Waals surface area contributed by atoms with E-state index in [0.717, 1.165) is 11.1 Å². The van der Waals surface area contributed by atoms with Crippen molar-refractivity contribution in [3.63, 3.8) is 0 Å². The lowest BCUT2D eigenvalue weighted by atomic mass is 10.0. The van der Waals surface area contributed by atoms with Gasteiger partial charge in [0.1, 0.15) is 6.04 Å². The van der Waals surface area contributed by atoms with Crippen molar-refractivity contribution in [2.24, 2.45) is 0 Å². The zero-order valence-electron chi connectivity index (χ0n) is 16.5. The predicted molar refractivity (Wildman–Crippen MR) is 111 cm³/mol. The lowest BCUT2D eigenvalue weighted by Crippen LogP contribution is -2.54. The molecule has 0 aliphatic heterocycles. The van der Waals surface area contributed by atoms with Crippen LogP contribution in [0.15, 0.2) is 91.0 Å². The van der Waals surface area contributed by atoms with Crippen molar-refractivity contribution in [2.45, 2.75) is 31.2 Å². The molecule has 0 amide bonds. The summed E-state index contributed by atoms with van der Waals surface area (Å²) in [6, 6.07) is 24.5. The molecule has 0 radical (unpaired) electrons. The zero-order valence-corrected chi connectivity index (χ0v) is 16.5. The molecule has 0 aromatic heterocycles. The van der Waals surface area contributed by atoms with Crippen molar-refractivity contribution >= 4 is 0 Å². The highest BCUT2D eigenvalue weighted by Crippen LogP contribution is 2.27. The van der Waals surface area contributed by atoms with E-state index in [1.165, 1.54) is 5.01 Å². The summed E-state index contributed by atoms with van der Waals surface area (Å²) in [6.07, 6.45) is -4.66. The maximum atomic E-state index is 13.9. The first-order valence-electron chi connectivity index (χ1n) is 9.80. The summed E-state index contributed by atoms with van der Waals surface area (Å²) in [7, 11) is 0. The van der Waals surface area contributed by atoms with Crippen LogP contribution >= 0.6 is 0 Å². The fraction of sp³-hybridized carbons (Fsp3) is 0.250. The quantitative estimate of drug-likeness (QED) is 0.489. The molecule has 0 spiro atoms. The summed E-state index contributed by atoms with van der Waals surface area (Å²) in [6.45, 7) is -0.109. The molecule has 3 aromatic rings. The summed E-state index contributed by atoms with van der Waals surface area (Å²) >= 11 is 0. The van der Waals surface area contributed by atoms with Gasteiger partial charge in [0.05, 0.1) is 12.6 Å². The molecule has 0 fully saturated rings. The van der Waals surface area contributed by atoms with E-state index >= 15 is 0 Å². The first-order valence-corrected chi connectivity index (χ1v) is 9.80. The fourth-order valence-electron chi connectivity index (χ4n) is 3.37. The van der Waals surface area contributed by atoms with E-state index in [1.54, 1.807) is 42.5 Å². The topological polar surface area (TPSA) is 35.5 Å². The highest BCUT2D eigenvalue weighted by atomic mass is 19.4. The molecule has 3 nitrogen and oxygen atoms in total. The molecule has 0 saturated heterocycles. The van der Waals surface area contributed by atoms with Gasteiger partial charge in [-0.05, 0) is 23.1 Å². The van der Waals surface area contributed by atoms with Gasteiger partial charge in [-0.3, -0.25) is 0 Å². The first-order chi connectivity index (χ1) is 14.5. The van der Waals surface area contributed by atoms with Crippen molar-refractivity contribution in [1.82, 2.24) is 10.4 Å². The number of aliphatic hydroxyl groups excluding tert-OH is 1. The molecule has 0 bridgehead atoms. The Labute approximate surface area is 174 Å². The van der Waals surface area contributed by atoms with Crippen molar-refractivity contribution in [3.05, 3.63) is 108 Å². The summed E-state index contributed by atoms with van der Waals surface area (Å²) in [5, 5.41) is 11.6. The van der Waals surface area contributed by atoms with E-state index in [9.17, 15) is 18.3 Å². The Morgan fingerprint density at radius 3 is 1.77 bits per heavy atom. The monoisotopic (exact) mass is 414 g/mol. The van der Waals surface area contributed by atoms with Gasteiger partial charge in [0, 0.05) is 6.54 Å². The Balaban J connectivity index is 1.90. The predicted octanol–water partition coefficient (Wildman–Crippen LogP) is 4.90. The van der Waals surface area contributed by atoms with E-state index in [-0.39, 0.29) is 19.6 Å². The summed E-state index contributed by atoms with van der Waals surface area (Å²) in [4.78, 5) is 0. The van der Waals surface area contributed by atoms with Gasteiger partial charge in [-0.15, -0.1) is 0 Å². The molecule has 3 rings (SSSR count). The number of benzene rings is 3. The molecule has 0 saturated carbocycles. The van der Waals surface area contributed by atoms with Crippen LogP contribution in [0.2, 0.25) is 0 Å². The summed E-state index contributed by atoms with van der Waals surface area (Å²) in [5.41, 5.74) is 4.87. The van der Waals surface area contributed by atoms with Crippen LogP contribution in [0, 0.1) is 0 Å². The van der Waals surface area contributed by atoms with E-state index in [2.05, 4.69) is 5.43 Å². The minimum Gasteiger partial charge on any atom is -0.394 e.